The SMILES string of the molecule is COC(=O)NCC(=O)NCCCCc1nc2ccc(-c3ccc(-c4ccc5nc(C6CCCN6C(=O)C(NC(=O)OC)C(C)C)[nH]c5c4)cc3)cc2[nH]1. The number of amides is 4. The first-order chi connectivity index (χ1) is 25.6. The maximum absolute atomic E-state index is 13.6. The second kappa shape index (κ2) is 16.6. The summed E-state index contributed by atoms with van der Waals surface area (Å²) in [5, 5.41) is 7.84. The third-order valence-corrected chi connectivity index (χ3v) is 9.57. The van der Waals surface area contributed by atoms with Crippen LogP contribution in [0.2, 0.25) is 0 Å². The van der Waals surface area contributed by atoms with Crippen molar-refractivity contribution in [3.05, 3.63) is 72.3 Å². The molecule has 278 valence electrons. The van der Waals surface area contributed by atoms with Gasteiger partial charge in [0.15, 0.2) is 0 Å². The summed E-state index contributed by atoms with van der Waals surface area (Å²) in [7, 11) is 2.54. The van der Waals surface area contributed by atoms with Crippen molar-refractivity contribution in [1.82, 2.24) is 40.8 Å². The van der Waals surface area contributed by atoms with Gasteiger partial charge in [0.25, 0.3) is 0 Å². The molecule has 1 fully saturated rings. The van der Waals surface area contributed by atoms with Crippen LogP contribution in [0.5, 0.6) is 0 Å². The Kier molecular flexibility index (Phi) is 11.6. The van der Waals surface area contributed by atoms with Gasteiger partial charge in [-0.1, -0.05) is 50.2 Å². The highest BCUT2D eigenvalue weighted by Gasteiger charge is 2.37. The first-order valence-electron chi connectivity index (χ1n) is 18.0. The molecule has 6 rings (SSSR count). The van der Waals surface area contributed by atoms with Gasteiger partial charge in [0.2, 0.25) is 11.8 Å². The maximum Gasteiger partial charge on any atom is 0.407 e. The topological polar surface area (TPSA) is 183 Å². The molecule has 2 unspecified atom stereocenters. The second-order valence-corrected chi connectivity index (χ2v) is 13.5. The number of nitrogens with zero attached hydrogens (tertiary/aromatic N) is 3. The molecule has 3 heterocycles. The van der Waals surface area contributed by atoms with Crippen molar-refractivity contribution in [3.8, 4) is 22.3 Å². The molecule has 1 aliphatic rings. The Morgan fingerprint density at radius 2 is 1.43 bits per heavy atom. The van der Waals surface area contributed by atoms with Gasteiger partial charge in [0.05, 0.1) is 48.9 Å². The number of fused-ring (bicyclic) bond motifs is 2. The van der Waals surface area contributed by atoms with E-state index < -0.39 is 18.2 Å². The summed E-state index contributed by atoms with van der Waals surface area (Å²) >= 11 is 0. The Morgan fingerprint density at radius 1 is 0.811 bits per heavy atom. The number of H-pyrrole nitrogens is 2. The van der Waals surface area contributed by atoms with Gasteiger partial charge < -0.3 is 40.3 Å². The monoisotopic (exact) mass is 722 g/mol. The summed E-state index contributed by atoms with van der Waals surface area (Å²) in [4.78, 5) is 66.7. The normalized spacial score (nSPS) is 14.7. The number of imidazole rings is 2. The number of unbranched alkanes of at least 4 members (excludes halogenated alkanes) is 1. The molecule has 1 saturated heterocycles. The Hall–Kier alpha value is -5.92. The number of alkyl carbamates (subject to hydrolysis) is 2. The van der Waals surface area contributed by atoms with Crippen molar-refractivity contribution >= 4 is 46.1 Å². The lowest BCUT2D eigenvalue weighted by Crippen LogP contribution is -2.51. The molecule has 53 heavy (non-hydrogen) atoms. The number of aromatic amines is 2. The fourth-order valence-corrected chi connectivity index (χ4v) is 6.71. The molecule has 5 aromatic rings. The number of carbonyl (C=O) groups is 4. The summed E-state index contributed by atoms with van der Waals surface area (Å²) in [6.07, 6.45) is 2.76. The van der Waals surface area contributed by atoms with Crippen molar-refractivity contribution in [3.63, 3.8) is 0 Å². The summed E-state index contributed by atoms with van der Waals surface area (Å²) in [6, 6.07) is 19.9. The van der Waals surface area contributed by atoms with Crippen LogP contribution in [0.1, 0.15) is 57.2 Å². The highest BCUT2D eigenvalue weighted by atomic mass is 16.5. The van der Waals surface area contributed by atoms with E-state index in [1.165, 1.54) is 14.2 Å². The van der Waals surface area contributed by atoms with Crippen molar-refractivity contribution in [2.75, 3.05) is 33.9 Å². The smallest absolute Gasteiger partial charge is 0.407 e. The van der Waals surface area contributed by atoms with E-state index in [0.29, 0.717) is 13.1 Å². The summed E-state index contributed by atoms with van der Waals surface area (Å²) < 4.78 is 9.22. The number of benzene rings is 3. The first kappa shape index (κ1) is 36.9. The first-order valence-corrected chi connectivity index (χ1v) is 18.0. The van der Waals surface area contributed by atoms with Crippen LogP contribution in [0.3, 0.4) is 0 Å². The minimum atomic E-state index is -0.685. The van der Waals surface area contributed by atoms with Crippen LogP contribution in [-0.4, -0.2) is 88.7 Å². The van der Waals surface area contributed by atoms with Gasteiger partial charge in [0.1, 0.15) is 17.7 Å². The van der Waals surface area contributed by atoms with E-state index in [9.17, 15) is 19.2 Å². The number of aromatic nitrogens is 4. The highest BCUT2D eigenvalue weighted by Crippen LogP contribution is 2.34. The van der Waals surface area contributed by atoms with E-state index in [2.05, 4.69) is 79.2 Å². The van der Waals surface area contributed by atoms with Crippen LogP contribution >= 0.6 is 0 Å². The van der Waals surface area contributed by atoms with Crippen molar-refractivity contribution < 1.29 is 28.7 Å². The second-order valence-electron chi connectivity index (χ2n) is 13.5. The van der Waals surface area contributed by atoms with Crippen LogP contribution in [0.4, 0.5) is 9.59 Å². The quantitative estimate of drug-likeness (QED) is 0.0972. The molecule has 14 heteroatoms. The largest absolute Gasteiger partial charge is 0.453 e. The third-order valence-electron chi connectivity index (χ3n) is 9.57. The Labute approximate surface area is 307 Å². The molecule has 0 bridgehead atoms. The van der Waals surface area contributed by atoms with Gasteiger partial charge in [0, 0.05) is 19.5 Å². The molecule has 2 aromatic heterocycles. The van der Waals surface area contributed by atoms with Crippen molar-refractivity contribution in [2.24, 2.45) is 5.92 Å². The van der Waals surface area contributed by atoms with E-state index in [-0.39, 0.29) is 30.3 Å². The van der Waals surface area contributed by atoms with Gasteiger partial charge in [-0.3, -0.25) is 9.59 Å². The summed E-state index contributed by atoms with van der Waals surface area (Å²) in [6.45, 7) is 4.80. The van der Waals surface area contributed by atoms with Crippen LogP contribution in [0.25, 0.3) is 44.3 Å². The number of carbonyl (C=O) groups excluding carboxylic acids is 4. The summed E-state index contributed by atoms with van der Waals surface area (Å²) in [5.74, 6) is 1.14. The zero-order valence-corrected chi connectivity index (χ0v) is 30.5. The van der Waals surface area contributed by atoms with Crippen molar-refractivity contribution in [2.45, 2.75) is 58.0 Å². The summed E-state index contributed by atoms with van der Waals surface area (Å²) in [5.41, 5.74) is 7.87. The highest BCUT2D eigenvalue weighted by molar-refractivity contribution is 5.87. The maximum atomic E-state index is 13.6. The van der Waals surface area contributed by atoms with E-state index in [4.69, 9.17) is 14.7 Å². The van der Waals surface area contributed by atoms with Crippen molar-refractivity contribution in [1.29, 1.82) is 0 Å². The standard InChI is InChI=1S/C39H46N8O6/c1-23(2)35(46-39(51)53-4)37(49)47-19-7-8-32(47)36-44-29-17-15-27(21-31(29)45-36)25-12-10-24(11-13-25)26-14-16-28-30(20-26)43-33(42-28)9-5-6-18-40-34(48)22-41-38(50)52-3/h10-17,20-21,23,32,35H,5-9,18-19,22H2,1-4H3,(H,40,48)(H,41,50)(H,42,43)(H,44,45)(H,46,51). The molecule has 0 aliphatic carbocycles. The number of nitrogens with one attached hydrogen (secondary N) is 5. The number of hydrogen-bond donors (Lipinski definition) is 5. The fourth-order valence-electron chi connectivity index (χ4n) is 6.71. The van der Waals surface area contributed by atoms with Gasteiger partial charge in [-0.15, -0.1) is 0 Å². The van der Waals surface area contributed by atoms with Crippen LogP contribution in [0.15, 0.2) is 60.7 Å². The molecule has 5 N–H and O–H groups in total. The molecule has 2 atom stereocenters. The van der Waals surface area contributed by atoms with E-state index in [0.717, 1.165) is 88.1 Å². The predicted molar refractivity (Wildman–Crippen MR) is 201 cm³/mol. The molecule has 4 amide bonds. The van der Waals surface area contributed by atoms with Gasteiger partial charge >= 0.3 is 12.2 Å². The molecule has 1 aliphatic heterocycles. The van der Waals surface area contributed by atoms with E-state index in [1.807, 2.05) is 30.9 Å². The van der Waals surface area contributed by atoms with Crippen LogP contribution in [-0.2, 0) is 25.5 Å². The average molecular weight is 723 g/mol. The minimum Gasteiger partial charge on any atom is -0.453 e. The van der Waals surface area contributed by atoms with Gasteiger partial charge in [-0.2, -0.15) is 0 Å². The Balaban J connectivity index is 1.07. The molecule has 0 saturated carbocycles. The molecule has 0 radical (unpaired) electrons. The predicted octanol–water partition coefficient (Wildman–Crippen LogP) is 5.61. The molecule has 0 spiro atoms. The van der Waals surface area contributed by atoms with E-state index >= 15 is 0 Å². The number of ether oxygens (including phenoxy) is 2. The van der Waals surface area contributed by atoms with Crippen LogP contribution < -0.4 is 16.0 Å². The van der Waals surface area contributed by atoms with Gasteiger partial charge in [-0.25, -0.2) is 19.6 Å². The number of aryl methyl sites for hydroxylation is 1. The number of hydrogen-bond acceptors (Lipinski definition) is 8. The zero-order chi connectivity index (χ0) is 37.5. The van der Waals surface area contributed by atoms with E-state index in [1.54, 1.807) is 0 Å². The Bertz CT molecular complexity index is 2090. The lowest BCUT2D eigenvalue weighted by atomic mass is 10.00. The minimum absolute atomic E-state index is 0.102. The van der Waals surface area contributed by atoms with Crippen LogP contribution in [0, 0.1) is 5.92 Å². The lowest BCUT2D eigenvalue weighted by molar-refractivity contribution is -0.135. The number of likely N-dealkylation sites (tertiary alicyclic amines) is 1. The third kappa shape index (κ3) is 8.76. The molecule has 3 aromatic carbocycles. The molecular weight excluding hydrogens is 676 g/mol. The van der Waals surface area contributed by atoms with Gasteiger partial charge in [-0.05, 0) is 78.1 Å². The zero-order valence-electron chi connectivity index (χ0n) is 30.5. The average Bonchev–Trinajstić information content (AvgIpc) is 3.93. The Morgan fingerprint density at radius 3 is 2.08 bits per heavy atom. The molecular formula is C39H46N8O6. The molecule has 14 nitrogen and oxygen atoms in total. The number of rotatable bonds is 13. The number of methoxy groups -OCH3 is 2. The lowest BCUT2D eigenvalue weighted by Gasteiger charge is -2.29. The fraction of sp³-hybridized carbons (Fsp3) is 0.385.